The average Bonchev–Trinajstić information content (AvgIpc) is 2.77. The largest absolute Gasteiger partial charge is 0.330 e. The van der Waals surface area contributed by atoms with Crippen LogP contribution in [0.25, 0.3) is 0 Å². The predicted molar refractivity (Wildman–Crippen MR) is 83.5 cm³/mol. The molecule has 0 aliphatic carbocycles. The van der Waals surface area contributed by atoms with Gasteiger partial charge in [0, 0.05) is 17.2 Å². The van der Waals surface area contributed by atoms with Gasteiger partial charge < -0.3 is 5.32 Å². The van der Waals surface area contributed by atoms with E-state index in [0.717, 1.165) is 26.7 Å². The number of hydrogen-bond donors (Lipinski definition) is 1. The minimum Gasteiger partial charge on any atom is -0.330 e. The summed E-state index contributed by atoms with van der Waals surface area (Å²) in [5.41, 5.74) is 2.30. The molecular formula is C12H15N3S3. The minimum atomic E-state index is 0.854. The molecule has 0 unspecified atom stereocenters. The Morgan fingerprint density at radius 3 is 2.94 bits per heavy atom. The molecule has 3 nitrogen and oxygen atoms in total. The van der Waals surface area contributed by atoms with Gasteiger partial charge in [-0.25, -0.2) is 0 Å². The van der Waals surface area contributed by atoms with Crippen LogP contribution in [0.5, 0.6) is 0 Å². The molecule has 0 spiro atoms. The molecule has 0 bridgehead atoms. The van der Waals surface area contributed by atoms with E-state index in [9.17, 15) is 0 Å². The zero-order chi connectivity index (χ0) is 12.8. The third kappa shape index (κ3) is 4.19. The Labute approximate surface area is 120 Å². The summed E-state index contributed by atoms with van der Waals surface area (Å²) >= 11 is 5.22. The van der Waals surface area contributed by atoms with Crippen LogP contribution in [0.1, 0.15) is 5.56 Å². The lowest BCUT2D eigenvalue weighted by molar-refractivity contribution is 1.01. The van der Waals surface area contributed by atoms with Crippen molar-refractivity contribution in [2.24, 2.45) is 0 Å². The predicted octanol–water partition coefficient (Wildman–Crippen LogP) is 4.05. The normalized spacial score (nSPS) is 10.6. The van der Waals surface area contributed by atoms with Gasteiger partial charge in [0.25, 0.3) is 0 Å². The molecule has 6 heteroatoms. The summed E-state index contributed by atoms with van der Waals surface area (Å²) in [5, 5.41) is 12.5. The Morgan fingerprint density at radius 2 is 2.17 bits per heavy atom. The monoisotopic (exact) mass is 297 g/mol. The average molecular weight is 297 g/mol. The van der Waals surface area contributed by atoms with Gasteiger partial charge >= 0.3 is 0 Å². The first kappa shape index (κ1) is 13.7. The number of nitrogens with one attached hydrogen (secondary N) is 1. The first-order valence-corrected chi connectivity index (χ1v) is 8.76. The van der Waals surface area contributed by atoms with E-state index in [2.05, 4.69) is 40.8 Å². The summed E-state index contributed by atoms with van der Waals surface area (Å²) in [7, 11) is 0. The summed E-state index contributed by atoms with van der Waals surface area (Å²) in [6, 6.07) is 8.25. The maximum absolute atomic E-state index is 4.17. The Balaban J connectivity index is 1.94. The van der Waals surface area contributed by atoms with Gasteiger partial charge in [-0.15, -0.1) is 10.2 Å². The van der Waals surface area contributed by atoms with E-state index in [1.807, 2.05) is 23.9 Å². The number of thioether (sulfide) groups is 2. The van der Waals surface area contributed by atoms with E-state index >= 15 is 0 Å². The highest BCUT2D eigenvalue weighted by Gasteiger charge is 2.04. The number of aryl methyl sites for hydroxylation is 1. The summed E-state index contributed by atoms with van der Waals surface area (Å²) in [6.07, 6.45) is 2.12. The number of hydrogen-bond acceptors (Lipinski definition) is 6. The minimum absolute atomic E-state index is 0.854. The van der Waals surface area contributed by atoms with Gasteiger partial charge in [0.2, 0.25) is 5.13 Å². The first-order chi connectivity index (χ1) is 8.78. The third-order valence-electron chi connectivity index (χ3n) is 2.19. The van der Waals surface area contributed by atoms with Crippen LogP contribution in [-0.4, -0.2) is 28.0 Å². The maximum atomic E-state index is 4.17. The summed E-state index contributed by atoms with van der Waals surface area (Å²) in [4.78, 5) is 0. The van der Waals surface area contributed by atoms with Crippen molar-refractivity contribution >= 4 is 45.7 Å². The summed E-state index contributed by atoms with van der Waals surface area (Å²) in [5.74, 6) is 2.23. The third-order valence-corrected chi connectivity index (χ3v) is 5.03. The van der Waals surface area contributed by atoms with Crippen molar-refractivity contribution in [2.45, 2.75) is 11.3 Å². The molecule has 2 rings (SSSR count). The molecule has 0 saturated carbocycles. The molecule has 1 N–H and O–H groups in total. The van der Waals surface area contributed by atoms with Crippen molar-refractivity contribution in [3.05, 3.63) is 29.8 Å². The number of aromatic nitrogens is 2. The molecular weight excluding hydrogens is 282 g/mol. The van der Waals surface area contributed by atoms with Crippen molar-refractivity contribution in [1.29, 1.82) is 0 Å². The Bertz CT molecular complexity index is 499. The first-order valence-electron chi connectivity index (χ1n) is 5.57. The highest BCUT2D eigenvalue weighted by Crippen LogP contribution is 2.28. The van der Waals surface area contributed by atoms with Crippen LogP contribution < -0.4 is 5.32 Å². The van der Waals surface area contributed by atoms with Crippen molar-refractivity contribution in [3.63, 3.8) is 0 Å². The smallest absolute Gasteiger partial charge is 0.210 e. The van der Waals surface area contributed by atoms with Gasteiger partial charge in [-0.2, -0.15) is 11.8 Å². The van der Waals surface area contributed by atoms with Crippen LogP contribution in [0.4, 0.5) is 10.8 Å². The fourth-order valence-corrected chi connectivity index (χ4v) is 3.87. The van der Waals surface area contributed by atoms with E-state index in [1.165, 1.54) is 5.56 Å². The SMILES string of the molecule is CSCCSc1nnc(Nc2cccc(C)c2)s1. The van der Waals surface area contributed by atoms with Gasteiger partial charge in [0.05, 0.1) is 0 Å². The lowest BCUT2D eigenvalue weighted by atomic mass is 10.2. The van der Waals surface area contributed by atoms with Crippen molar-refractivity contribution < 1.29 is 0 Å². The summed E-state index contributed by atoms with van der Waals surface area (Å²) < 4.78 is 1.03. The molecule has 0 amide bonds. The van der Waals surface area contributed by atoms with Crippen LogP contribution in [0.2, 0.25) is 0 Å². The fourth-order valence-electron chi connectivity index (χ4n) is 1.38. The molecule has 0 radical (unpaired) electrons. The van der Waals surface area contributed by atoms with E-state index in [4.69, 9.17) is 0 Å². The highest BCUT2D eigenvalue weighted by atomic mass is 32.2. The van der Waals surface area contributed by atoms with Crippen molar-refractivity contribution in [1.82, 2.24) is 10.2 Å². The van der Waals surface area contributed by atoms with Crippen LogP contribution >= 0.6 is 34.9 Å². The van der Waals surface area contributed by atoms with Gasteiger partial charge in [-0.3, -0.25) is 0 Å². The Kier molecular flexibility index (Phi) is 5.34. The van der Waals surface area contributed by atoms with Crippen molar-refractivity contribution in [2.75, 3.05) is 23.1 Å². The highest BCUT2D eigenvalue weighted by molar-refractivity contribution is 8.03. The van der Waals surface area contributed by atoms with Gasteiger partial charge in [0.1, 0.15) is 0 Å². The lowest BCUT2D eigenvalue weighted by Gasteiger charge is -2.01. The maximum Gasteiger partial charge on any atom is 0.210 e. The number of benzene rings is 1. The Morgan fingerprint density at radius 1 is 1.28 bits per heavy atom. The zero-order valence-corrected chi connectivity index (χ0v) is 12.8. The zero-order valence-electron chi connectivity index (χ0n) is 10.3. The van der Waals surface area contributed by atoms with E-state index in [0.29, 0.717) is 0 Å². The number of nitrogens with zero attached hydrogens (tertiary/aromatic N) is 2. The van der Waals surface area contributed by atoms with Gasteiger partial charge in [-0.1, -0.05) is 35.2 Å². The molecule has 2 aromatic rings. The molecule has 0 saturated heterocycles. The van der Waals surface area contributed by atoms with Crippen molar-refractivity contribution in [3.8, 4) is 0 Å². The fraction of sp³-hybridized carbons (Fsp3) is 0.333. The van der Waals surface area contributed by atoms with Crippen LogP contribution in [0, 0.1) is 6.92 Å². The van der Waals surface area contributed by atoms with Gasteiger partial charge in [0.15, 0.2) is 4.34 Å². The molecule has 96 valence electrons. The molecule has 18 heavy (non-hydrogen) atoms. The van der Waals surface area contributed by atoms with Crippen LogP contribution in [0.3, 0.4) is 0 Å². The molecule has 0 aliphatic rings. The van der Waals surface area contributed by atoms with E-state index in [-0.39, 0.29) is 0 Å². The quantitative estimate of drug-likeness (QED) is 0.643. The Hall–Kier alpha value is -0.720. The van der Waals surface area contributed by atoms with Crippen LogP contribution in [0.15, 0.2) is 28.6 Å². The second-order valence-corrected chi connectivity index (χ2v) is 7.01. The van der Waals surface area contributed by atoms with E-state index in [1.54, 1.807) is 23.1 Å². The number of anilines is 2. The second-order valence-electron chi connectivity index (χ2n) is 3.71. The lowest BCUT2D eigenvalue weighted by Crippen LogP contribution is -1.89. The molecule has 0 atom stereocenters. The number of rotatable bonds is 6. The molecule has 1 heterocycles. The standard InChI is InChI=1S/C12H15N3S3/c1-9-4-3-5-10(8-9)13-11-14-15-12(18-11)17-7-6-16-2/h3-5,8H,6-7H2,1-2H3,(H,13,14). The molecule has 0 fully saturated rings. The summed E-state index contributed by atoms with van der Waals surface area (Å²) in [6.45, 7) is 2.08. The van der Waals surface area contributed by atoms with Crippen LogP contribution in [-0.2, 0) is 0 Å². The molecule has 1 aromatic heterocycles. The molecule has 1 aromatic carbocycles. The molecule has 0 aliphatic heterocycles. The van der Waals surface area contributed by atoms with Gasteiger partial charge in [-0.05, 0) is 30.9 Å². The van der Waals surface area contributed by atoms with E-state index < -0.39 is 0 Å². The second kappa shape index (κ2) is 7.01. The topological polar surface area (TPSA) is 37.8 Å².